The van der Waals surface area contributed by atoms with Crippen LogP contribution in [0.15, 0.2) is 18.2 Å². The summed E-state index contributed by atoms with van der Waals surface area (Å²) >= 11 is 0. The van der Waals surface area contributed by atoms with E-state index in [-0.39, 0.29) is 16.1 Å². The van der Waals surface area contributed by atoms with Gasteiger partial charge in [-0.1, -0.05) is 6.07 Å². The third-order valence-electron chi connectivity index (χ3n) is 3.63. The van der Waals surface area contributed by atoms with Crippen LogP contribution in [0.25, 0.3) is 0 Å². The molecule has 0 amide bonds. The molecule has 0 radical (unpaired) electrons. The van der Waals surface area contributed by atoms with Crippen molar-refractivity contribution in [3.63, 3.8) is 0 Å². The van der Waals surface area contributed by atoms with Gasteiger partial charge in [-0.05, 0) is 38.4 Å². The number of nitro groups is 1. The van der Waals surface area contributed by atoms with Gasteiger partial charge in [-0.25, -0.2) is 0 Å². The summed E-state index contributed by atoms with van der Waals surface area (Å²) in [5.41, 5.74) is 2.37. The number of benzene rings is 1. The van der Waals surface area contributed by atoms with Gasteiger partial charge in [0.05, 0.1) is 4.92 Å². The van der Waals surface area contributed by atoms with Crippen molar-refractivity contribution in [2.24, 2.45) is 0 Å². The molecule has 1 aliphatic rings. The molecule has 0 N–H and O–H groups in total. The molecule has 1 aromatic carbocycles. The molecule has 0 bridgehead atoms. The van der Waals surface area contributed by atoms with E-state index in [1.54, 1.807) is 12.1 Å². The van der Waals surface area contributed by atoms with Crippen LogP contribution < -0.4 is 0 Å². The van der Waals surface area contributed by atoms with E-state index in [0.29, 0.717) is 0 Å². The average molecular weight is 220 g/mol. The van der Waals surface area contributed by atoms with Gasteiger partial charge in [-0.2, -0.15) is 0 Å². The van der Waals surface area contributed by atoms with E-state index in [1.165, 1.54) is 5.56 Å². The van der Waals surface area contributed by atoms with Crippen LogP contribution >= 0.6 is 0 Å². The molecular formula is C12H16N2O2. The predicted molar refractivity (Wildman–Crippen MR) is 62.5 cm³/mol. The summed E-state index contributed by atoms with van der Waals surface area (Å²) in [5.74, 6) is 0. The van der Waals surface area contributed by atoms with Gasteiger partial charge in [0.15, 0.2) is 0 Å². The Balaban J connectivity index is 2.55. The SMILES string of the molecule is CN1CCc2ccc([N+](=O)[O-])cc2C1(C)C. The van der Waals surface area contributed by atoms with E-state index in [9.17, 15) is 10.1 Å². The van der Waals surface area contributed by atoms with Crippen LogP contribution in [-0.4, -0.2) is 23.4 Å². The van der Waals surface area contributed by atoms with Crippen LogP contribution in [0.2, 0.25) is 0 Å². The zero-order valence-corrected chi connectivity index (χ0v) is 9.86. The number of likely N-dealkylation sites (N-methyl/N-ethyl adjacent to an activating group) is 1. The minimum atomic E-state index is -0.328. The second kappa shape index (κ2) is 3.56. The highest BCUT2D eigenvalue weighted by Crippen LogP contribution is 2.35. The fourth-order valence-corrected chi connectivity index (χ4v) is 2.24. The van der Waals surface area contributed by atoms with Gasteiger partial charge in [0.2, 0.25) is 0 Å². The lowest BCUT2D eigenvalue weighted by molar-refractivity contribution is -0.385. The van der Waals surface area contributed by atoms with Crippen molar-refractivity contribution in [2.45, 2.75) is 25.8 Å². The number of fused-ring (bicyclic) bond motifs is 1. The molecule has 1 heterocycles. The number of hydrogen-bond donors (Lipinski definition) is 0. The lowest BCUT2D eigenvalue weighted by atomic mass is 9.83. The molecule has 0 aromatic heterocycles. The van der Waals surface area contributed by atoms with Gasteiger partial charge >= 0.3 is 0 Å². The Kier molecular flexibility index (Phi) is 2.46. The normalized spacial score (nSPS) is 19.2. The van der Waals surface area contributed by atoms with E-state index < -0.39 is 0 Å². The second-order valence-electron chi connectivity index (χ2n) is 4.83. The van der Waals surface area contributed by atoms with E-state index in [0.717, 1.165) is 18.5 Å². The molecule has 0 saturated heterocycles. The maximum Gasteiger partial charge on any atom is 0.269 e. The summed E-state index contributed by atoms with van der Waals surface area (Å²) in [6.45, 7) is 5.21. The van der Waals surface area contributed by atoms with E-state index in [4.69, 9.17) is 0 Å². The lowest BCUT2D eigenvalue weighted by Crippen LogP contribution is -2.43. The first-order valence-electron chi connectivity index (χ1n) is 5.42. The first-order valence-corrected chi connectivity index (χ1v) is 5.42. The van der Waals surface area contributed by atoms with Gasteiger partial charge in [-0.3, -0.25) is 15.0 Å². The summed E-state index contributed by atoms with van der Waals surface area (Å²) in [4.78, 5) is 12.7. The number of nitrogens with zero attached hydrogens (tertiary/aromatic N) is 2. The highest BCUT2D eigenvalue weighted by molar-refractivity contribution is 5.44. The van der Waals surface area contributed by atoms with Crippen LogP contribution in [0, 0.1) is 10.1 Å². The maximum atomic E-state index is 10.8. The molecular weight excluding hydrogens is 204 g/mol. The standard InChI is InChI=1S/C12H16N2O2/c1-12(2)11-8-10(14(15)16)5-4-9(11)6-7-13(12)3/h4-5,8H,6-7H2,1-3H3. The topological polar surface area (TPSA) is 46.4 Å². The molecule has 86 valence electrons. The monoisotopic (exact) mass is 220 g/mol. The first-order chi connectivity index (χ1) is 7.43. The van der Waals surface area contributed by atoms with Crippen LogP contribution in [0.3, 0.4) is 0 Å². The van der Waals surface area contributed by atoms with Crippen molar-refractivity contribution in [1.82, 2.24) is 4.90 Å². The van der Waals surface area contributed by atoms with Crippen LogP contribution in [0.5, 0.6) is 0 Å². The Bertz CT molecular complexity index is 441. The molecule has 0 aliphatic carbocycles. The van der Waals surface area contributed by atoms with Gasteiger partial charge < -0.3 is 0 Å². The molecule has 0 fully saturated rings. The van der Waals surface area contributed by atoms with Crippen molar-refractivity contribution in [3.05, 3.63) is 39.4 Å². The quantitative estimate of drug-likeness (QED) is 0.539. The Morgan fingerprint density at radius 3 is 2.75 bits per heavy atom. The van der Waals surface area contributed by atoms with Crippen LogP contribution in [-0.2, 0) is 12.0 Å². The van der Waals surface area contributed by atoms with Crippen molar-refractivity contribution in [3.8, 4) is 0 Å². The molecule has 0 saturated carbocycles. The third-order valence-corrected chi connectivity index (χ3v) is 3.63. The Morgan fingerprint density at radius 2 is 2.12 bits per heavy atom. The van der Waals surface area contributed by atoms with Crippen molar-refractivity contribution < 1.29 is 4.92 Å². The summed E-state index contributed by atoms with van der Waals surface area (Å²) < 4.78 is 0. The van der Waals surface area contributed by atoms with Crippen LogP contribution in [0.1, 0.15) is 25.0 Å². The highest BCUT2D eigenvalue weighted by atomic mass is 16.6. The Hall–Kier alpha value is -1.42. The van der Waals surface area contributed by atoms with Crippen molar-refractivity contribution >= 4 is 5.69 Å². The predicted octanol–water partition coefficient (Wildman–Crippen LogP) is 2.32. The van der Waals surface area contributed by atoms with E-state index in [1.807, 2.05) is 6.07 Å². The van der Waals surface area contributed by atoms with Gasteiger partial charge in [-0.15, -0.1) is 0 Å². The van der Waals surface area contributed by atoms with Crippen molar-refractivity contribution in [2.75, 3.05) is 13.6 Å². The fourth-order valence-electron chi connectivity index (χ4n) is 2.24. The molecule has 4 heteroatoms. The maximum absolute atomic E-state index is 10.8. The zero-order valence-electron chi connectivity index (χ0n) is 9.86. The molecule has 0 atom stereocenters. The molecule has 16 heavy (non-hydrogen) atoms. The number of rotatable bonds is 1. The van der Waals surface area contributed by atoms with Crippen LogP contribution in [0.4, 0.5) is 5.69 Å². The summed E-state index contributed by atoms with van der Waals surface area (Å²) in [6, 6.07) is 5.20. The largest absolute Gasteiger partial charge is 0.297 e. The minimum Gasteiger partial charge on any atom is -0.297 e. The molecule has 0 unspecified atom stereocenters. The smallest absolute Gasteiger partial charge is 0.269 e. The van der Waals surface area contributed by atoms with E-state index >= 15 is 0 Å². The lowest BCUT2D eigenvalue weighted by Gasteiger charge is -2.41. The van der Waals surface area contributed by atoms with Crippen molar-refractivity contribution in [1.29, 1.82) is 0 Å². The summed E-state index contributed by atoms with van der Waals surface area (Å²) in [5, 5.41) is 10.8. The van der Waals surface area contributed by atoms with Gasteiger partial charge in [0, 0.05) is 24.2 Å². The Labute approximate surface area is 95.0 Å². The molecule has 4 nitrogen and oxygen atoms in total. The summed E-state index contributed by atoms with van der Waals surface area (Å²) in [7, 11) is 2.06. The fraction of sp³-hybridized carbons (Fsp3) is 0.500. The summed E-state index contributed by atoms with van der Waals surface area (Å²) in [6.07, 6.45) is 0.966. The van der Waals surface area contributed by atoms with E-state index in [2.05, 4.69) is 25.8 Å². The molecule has 0 spiro atoms. The average Bonchev–Trinajstić information content (AvgIpc) is 2.23. The highest BCUT2D eigenvalue weighted by Gasteiger charge is 2.32. The number of nitro benzene ring substituents is 1. The molecule has 1 aliphatic heterocycles. The molecule has 1 aromatic rings. The second-order valence-corrected chi connectivity index (χ2v) is 4.83. The Morgan fingerprint density at radius 1 is 1.44 bits per heavy atom. The minimum absolute atomic E-state index is 0.125. The zero-order chi connectivity index (χ0) is 11.9. The van der Waals surface area contributed by atoms with Gasteiger partial charge in [0.25, 0.3) is 5.69 Å². The number of hydrogen-bond acceptors (Lipinski definition) is 3. The van der Waals surface area contributed by atoms with Gasteiger partial charge in [0.1, 0.15) is 0 Å². The third kappa shape index (κ3) is 1.59. The molecule has 2 rings (SSSR count). The first kappa shape index (κ1) is 11.1. The number of non-ortho nitro benzene ring substituents is 1.